The van der Waals surface area contributed by atoms with Gasteiger partial charge in [-0.3, -0.25) is 19.1 Å². The molecule has 9 nitrogen and oxygen atoms in total. The molecule has 0 radical (unpaired) electrons. The van der Waals surface area contributed by atoms with E-state index in [1.807, 2.05) is 36.1 Å². The van der Waals surface area contributed by atoms with Crippen molar-refractivity contribution in [3.8, 4) is 0 Å². The highest BCUT2D eigenvalue weighted by atomic mass is 19.4. The van der Waals surface area contributed by atoms with E-state index in [0.717, 1.165) is 62.7 Å². The lowest BCUT2D eigenvalue weighted by atomic mass is 9.72. The maximum absolute atomic E-state index is 12.8. The molecule has 192 valence electrons. The van der Waals surface area contributed by atoms with E-state index >= 15 is 0 Å². The number of alkyl halides is 3. The number of aromatic nitrogens is 4. The maximum atomic E-state index is 12.8. The van der Waals surface area contributed by atoms with Gasteiger partial charge in [0.25, 0.3) is 5.91 Å². The van der Waals surface area contributed by atoms with Crippen LogP contribution in [0.3, 0.4) is 0 Å². The van der Waals surface area contributed by atoms with Crippen LogP contribution in [-0.2, 0) is 30.3 Å². The topological polar surface area (TPSA) is 96.5 Å². The van der Waals surface area contributed by atoms with E-state index in [1.165, 1.54) is 24.8 Å². The molecule has 3 aliphatic rings. The first-order valence-electron chi connectivity index (χ1n) is 11.8. The number of hydrogen-bond donors (Lipinski definition) is 1. The van der Waals surface area contributed by atoms with Gasteiger partial charge in [0, 0.05) is 57.1 Å². The molecular formula is C23H31F3N6O3. The number of nitrogens with zero attached hydrogens (tertiary/aromatic N) is 6. The predicted molar refractivity (Wildman–Crippen MR) is 120 cm³/mol. The monoisotopic (exact) mass is 496 g/mol. The fourth-order valence-corrected chi connectivity index (χ4v) is 5.16. The first-order valence-corrected chi connectivity index (χ1v) is 11.8. The average Bonchev–Trinajstić information content (AvgIpc) is 3.37. The first-order chi connectivity index (χ1) is 16.5. The number of carbonyl (C=O) groups excluding carboxylic acids is 1. The Morgan fingerprint density at radius 2 is 1.86 bits per heavy atom. The Hall–Kier alpha value is -2.89. The van der Waals surface area contributed by atoms with Crippen molar-refractivity contribution in [3.05, 3.63) is 35.4 Å². The van der Waals surface area contributed by atoms with Crippen molar-refractivity contribution in [1.82, 2.24) is 29.4 Å². The van der Waals surface area contributed by atoms with Crippen molar-refractivity contribution in [3.63, 3.8) is 0 Å². The number of hydrogen-bond acceptors (Lipinski definition) is 5. The summed E-state index contributed by atoms with van der Waals surface area (Å²) < 4.78 is 35.7. The lowest BCUT2D eigenvalue weighted by molar-refractivity contribution is -0.192. The van der Waals surface area contributed by atoms with Crippen LogP contribution in [0.4, 0.5) is 13.2 Å². The molecule has 12 heteroatoms. The summed E-state index contributed by atoms with van der Waals surface area (Å²) in [4.78, 5) is 26.1. The zero-order valence-corrected chi connectivity index (χ0v) is 20.0. The molecule has 0 bridgehead atoms. The van der Waals surface area contributed by atoms with Gasteiger partial charge in [-0.25, -0.2) is 4.79 Å². The molecule has 0 aromatic carbocycles. The number of amides is 1. The number of likely N-dealkylation sites (tertiary alicyclic amines) is 1. The number of carbonyl (C=O) groups is 2. The number of rotatable bonds is 4. The van der Waals surface area contributed by atoms with Crippen molar-refractivity contribution in [2.24, 2.45) is 13.0 Å². The predicted octanol–water partition coefficient (Wildman–Crippen LogP) is 2.67. The van der Waals surface area contributed by atoms with Crippen LogP contribution in [0.15, 0.2) is 18.6 Å². The third kappa shape index (κ3) is 5.52. The molecule has 1 saturated heterocycles. The summed E-state index contributed by atoms with van der Waals surface area (Å²) >= 11 is 0. The van der Waals surface area contributed by atoms with Crippen molar-refractivity contribution in [1.29, 1.82) is 0 Å². The van der Waals surface area contributed by atoms with Gasteiger partial charge in [-0.1, -0.05) is 6.42 Å². The van der Waals surface area contributed by atoms with E-state index in [0.29, 0.717) is 0 Å². The third-order valence-electron chi connectivity index (χ3n) is 7.27. The molecular weight excluding hydrogens is 465 g/mol. The molecule has 4 heterocycles. The van der Waals surface area contributed by atoms with Gasteiger partial charge >= 0.3 is 12.1 Å². The second kappa shape index (κ2) is 9.63. The number of carboxylic acids is 1. The molecule has 1 saturated carbocycles. The van der Waals surface area contributed by atoms with Crippen LogP contribution in [-0.4, -0.2) is 79.2 Å². The minimum Gasteiger partial charge on any atom is -0.475 e. The Morgan fingerprint density at radius 1 is 1.20 bits per heavy atom. The zero-order chi connectivity index (χ0) is 25.4. The maximum Gasteiger partial charge on any atom is 0.490 e. The Kier molecular flexibility index (Phi) is 6.94. The average molecular weight is 497 g/mol. The fraction of sp³-hybridized carbons (Fsp3) is 0.652. The van der Waals surface area contributed by atoms with Gasteiger partial charge in [0.1, 0.15) is 0 Å². The summed E-state index contributed by atoms with van der Waals surface area (Å²) in [5.74, 6) is -1.88. The summed E-state index contributed by atoms with van der Waals surface area (Å²) in [6.45, 7) is 4.77. The quantitative estimate of drug-likeness (QED) is 0.699. The number of piperidine rings is 1. The summed E-state index contributed by atoms with van der Waals surface area (Å²) in [6.07, 6.45) is 7.03. The van der Waals surface area contributed by atoms with Crippen LogP contribution >= 0.6 is 0 Å². The van der Waals surface area contributed by atoms with Crippen LogP contribution < -0.4 is 0 Å². The van der Waals surface area contributed by atoms with Crippen LogP contribution in [0.25, 0.3) is 0 Å². The van der Waals surface area contributed by atoms with E-state index in [1.54, 1.807) is 0 Å². The lowest BCUT2D eigenvalue weighted by Gasteiger charge is -2.45. The largest absolute Gasteiger partial charge is 0.490 e. The highest BCUT2D eigenvalue weighted by Gasteiger charge is 2.46. The Balaban J connectivity index is 0.000000364. The Labute approximate surface area is 201 Å². The van der Waals surface area contributed by atoms with E-state index < -0.39 is 12.1 Å². The molecule has 1 spiro atoms. The van der Waals surface area contributed by atoms with Gasteiger partial charge in [-0.05, 0) is 44.7 Å². The van der Waals surface area contributed by atoms with Gasteiger partial charge < -0.3 is 10.0 Å². The molecule has 0 unspecified atom stereocenters. The Morgan fingerprint density at radius 3 is 2.37 bits per heavy atom. The van der Waals surface area contributed by atoms with E-state index in [-0.39, 0.29) is 11.3 Å². The standard InChI is InChI=1S/C21H30N6O.C2HF3O2/c1-24-15-21(6-8-26(9-7-21)12-17-10-22-25(2)11-17)19-18(20(24)28)14-27(23-19)13-16-4-3-5-16;3-2(4,5)1(6)7/h10-11,14,16H,3-9,12-13,15H2,1-2H3;(H,6,7). The summed E-state index contributed by atoms with van der Waals surface area (Å²) in [6, 6.07) is 0. The molecule has 1 amide bonds. The number of likely N-dealkylation sites (N-methyl/N-ethyl adjacent to an activating group) is 1. The fourth-order valence-electron chi connectivity index (χ4n) is 5.16. The second-order valence-electron chi connectivity index (χ2n) is 9.95. The number of aliphatic carboxylic acids is 1. The van der Waals surface area contributed by atoms with E-state index in [9.17, 15) is 18.0 Å². The smallest absolute Gasteiger partial charge is 0.475 e. The van der Waals surface area contributed by atoms with Crippen LogP contribution in [0.5, 0.6) is 0 Å². The molecule has 5 rings (SSSR count). The number of carboxylic acid groups (broad SMARTS) is 1. The molecule has 2 fully saturated rings. The molecule has 1 N–H and O–H groups in total. The van der Waals surface area contributed by atoms with Crippen LogP contribution in [0, 0.1) is 5.92 Å². The van der Waals surface area contributed by atoms with Crippen LogP contribution in [0.1, 0.15) is 53.7 Å². The first kappa shape index (κ1) is 25.2. The van der Waals surface area contributed by atoms with Gasteiger partial charge in [0.05, 0.1) is 17.5 Å². The van der Waals surface area contributed by atoms with Crippen molar-refractivity contribution < 1.29 is 27.9 Å². The summed E-state index contributed by atoms with van der Waals surface area (Å²) in [5.41, 5.74) is 3.18. The SMILES string of the molecule is CN1CC2(CCN(Cc3cnn(C)c3)CC2)c2nn(CC3CCC3)cc2C1=O.O=C(O)C(F)(F)F. The highest BCUT2D eigenvalue weighted by Crippen LogP contribution is 2.41. The minimum atomic E-state index is -5.08. The number of aryl methyl sites for hydroxylation is 1. The van der Waals surface area contributed by atoms with Gasteiger partial charge in [0.15, 0.2) is 0 Å². The van der Waals surface area contributed by atoms with E-state index in [4.69, 9.17) is 15.0 Å². The molecule has 1 aliphatic carbocycles. The molecule has 2 aromatic rings. The van der Waals surface area contributed by atoms with Gasteiger partial charge in [-0.15, -0.1) is 0 Å². The Bertz CT molecular complexity index is 1070. The molecule has 2 aliphatic heterocycles. The van der Waals surface area contributed by atoms with Crippen molar-refractivity contribution in [2.45, 2.75) is 56.8 Å². The summed E-state index contributed by atoms with van der Waals surface area (Å²) in [7, 11) is 3.91. The zero-order valence-electron chi connectivity index (χ0n) is 20.0. The second-order valence-corrected chi connectivity index (χ2v) is 9.95. The molecule has 2 aromatic heterocycles. The lowest BCUT2D eigenvalue weighted by Crippen LogP contribution is -2.53. The highest BCUT2D eigenvalue weighted by molar-refractivity contribution is 5.96. The normalized spacial score (nSPS) is 20.3. The van der Waals surface area contributed by atoms with Gasteiger partial charge in [0.2, 0.25) is 0 Å². The summed E-state index contributed by atoms with van der Waals surface area (Å²) in [5, 5.41) is 16.4. The van der Waals surface area contributed by atoms with Crippen LogP contribution in [0.2, 0.25) is 0 Å². The van der Waals surface area contributed by atoms with Gasteiger partial charge in [-0.2, -0.15) is 23.4 Å². The molecule has 0 atom stereocenters. The number of halogens is 3. The third-order valence-corrected chi connectivity index (χ3v) is 7.27. The minimum absolute atomic E-state index is 0.00823. The number of fused-ring (bicyclic) bond motifs is 2. The van der Waals surface area contributed by atoms with Crippen molar-refractivity contribution in [2.75, 3.05) is 26.7 Å². The van der Waals surface area contributed by atoms with E-state index in [2.05, 4.69) is 20.9 Å². The van der Waals surface area contributed by atoms with Crippen molar-refractivity contribution >= 4 is 11.9 Å². The molecule has 35 heavy (non-hydrogen) atoms.